The Morgan fingerprint density at radius 2 is 1.37 bits per heavy atom. The quantitative estimate of drug-likeness (QED) is 0.150. The maximum Gasteiger partial charge on any atom is 0.143 e. The van der Waals surface area contributed by atoms with Gasteiger partial charge in [0.05, 0.1) is 59.7 Å². The third kappa shape index (κ3) is 12.1. The second kappa shape index (κ2) is 20.6. The summed E-state index contributed by atoms with van der Waals surface area (Å²) in [4.78, 5) is 2.73. The first-order chi connectivity index (χ1) is 22.2. The molecule has 10 heteroatoms. The summed E-state index contributed by atoms with van der Waals surface area (Å²) in [6.45, 7) is 12.0. The molecule has 0 saturated carbocycles. The Morgan fingerprint density at radius 1 is 0.776 bits per heavy atom. The number of aliphatic hydroxyl groups excluding tert-OH is 2. The molecule has 7 nitrogen and oxygen atoms in total. The molecule has 0 unspecified atom stereocenters. The molecular weight excluding hydrogens is 677 g/mol. The molecule has 49 heavy (non-hydrogen) atoms. The summed E-state index contributed by atoms with van der Waals surface area (Å²) < 4.78 is 8.30. The Morgan fingerprint density at radius 3 is 1.92 bits per heavy atom. The lowest BCUT2D eigenvalue weighted by molar-refractivity contribution is -0.945. The van der Waals surface area contributed by atoms with Crippen LogP contribution in [0.2, 0.25) is 0 Å². The summed E-state index contributed by atoms with van der Waals surface area (Å²) >= 11 is 1.39. The molecule has 282 valence electrons. The summed E-state index contributed by atoms with van der Waals surface area (Å²) in [6, 6.07) is 12.0. The number of benzene rings is 2. The highest BCUT2D eigenvalue weighted by molar-refractivity contribution is 7.99. The average molecular weight is 745 g/mol. The summed E-state index contributed by atoms with van der Waals surface area (Å²) in [7, 11) is 13.1. The number of nitrogens with zero attached hydrogens (tertiary/aromatic N) is 3. The maximum absolute atomic E-state index is 12.4. The van der Waals surface area contributed by atoms with Crippen LogP contribution in [0.1, 0.15) is 95.6 Å². The number of phenols is 1. The number of thioether (sulfide) groups is 1. The van der Waals surface area contributed by atoms with Gasteiger partial charge in [-0.2, -0.15) is 0 Å². The molecule has 2 aromatic carbocycles. The zero-order chi connectivity index (χ0) is 34.8. The fourth-order valence-electron chi connectivity index (χ4n) is 6.84. The van der Waals surface area contributed by atoms with Gasteiger partial charge >= 0.3 is 0 Å². The van der Waals surface area contributed by atoms with Gasteiger partial charge in [-0.15, -0.1) is 0 Å². The number of aliphatic hydroxyl groups is 2. The minimum Gasteiger partial charge on any atom is -1.00 e. The molecule has 0 amide bonds. The van der Waals surface area contributed by atoms with E-state index in [9.17, 15) is 15.3 Å². The first-order valence-electron chi connectivity index (χ1n) is 18.1. The Balaban J connectivity index is 0.00000600. The number of aromatic hydroxyl groups is 1. The maximum atomic E-state index is 12.4. The van der Waals surface area contributed by atoms with Gasteiger partial charge in [0.1, 0.15) is 30.0 Å². The van der Waals surface area contributed by atoms with Crippen LogP contribution in [0.4, 0.5) is 5.69 Å². The number of unbranched alkanes of at least 4 members (excludes halogenated alkanes) is 4. The first kappa shape index (κ1) is 45.6. The van der Waals surface area contributed by atoms with Gasteiger partial charge < -0.3 is 58.7 Å². The van der Waals surface area contributed by atoms with Crippen LogP contribution in [0, 0.1) is 5.41 Å². The second-order valence-electron chi connectivity index (χ2n) is 15.4. The van der Waals surface area contributed by atoms with E-state index in [1.54, 1.807) is 0 Å². The van der Waals surface area contributed by atoms with Crippen molar-refractivity contribution in [1.29, 1.82) is 0 Å². The van der Waals surface area contributed by atoms with Crippen molar-refractivity contribution in [3.05, 3.63) is 47.5 Å². The van der Waals surface area contributed by atoms with Gasteiger partial charge in [-0.05, 0) is 68.9 Å². The molecule has 2 aromatic rings. The Labute approximate surface area is 315 Å². The minimum absolute atomic E-state index is 0. The first-order valence-corrected chi connectivity index (χ1v) is 19.0. The van der Waals surface area contributed by atoms with Crippen molar-refractivity contribution in [3.63, 3.8) is 0 Å². The number of halogens is 2. The number of anilines is 1. The molecule has 1 aliphatic rings. The number of quaternary nitrogens is 2. The van der Waals surface area contributed by atoms with Crippen molar-refractivity contribution in [1.82, 2.24) is 0 Å². The molecule has 0 aromatic heterocycles. The number of ether oxygens (including phenoxy) is 1. The van der Waals surface area contributed by atoms with Gasteiger partial charge in [0.15, 0.2) is 0 Å². The number of phenolic OH excluding ortho intramolecular Hbond substituents is 1. The van der Waals surface area contributed by atoms with Crippen LogP contribution in [0.15, 0.2) is 41.3 Å². The van der Waals surface area contributed by atoms with Crippen molar-refractivity contribution in [2.75, 3.05) is 80.0 Å². The van der Waals surface area contributed by atoms with E-state index < -0.39 is 22.9 Å². The van der Waals surface area contributed by atoms with Crippen molar-refractivity contribution >= 4 is 17.4 Å². The molecule has 3 N–H and O–H groups in total. The van der Waals surface area contributed by atoms with E-state index in [1.165, 1.54) is 37.8 Å². The molecule has 0 bridgehead atoms. The van der Waals surface area contributed by atoms with Crippen LogP contribution in [-0.2, 0) is 0 Å². The van der Waals surface area contributed by atoms with Crippen molar-refractivity contribution in [2.24, 2.45) is 5.41 Å². The van der Waals surface area contributed by atoms with Crippen LogP contribution < -0.4 is 34.5 Å². The van der Waals surface area contributed by atoms with Crippen LogP contribution in [0.25, 0.3) is 0 Å². The molecule has 0 spiro atoms. The van der Waals surface area contributed by atoms with E-state index >= 15 is 0 Å². The highest BCUT2D eigenvalue weighted by Gasteiger charge is 2.51. The number of hydrogen-bond acceptors (Lipinski definition) is 6. The Bertz CT molecular complexity index is 1240. The lowest BCUT2D eigenvalue weighted by Crippen LogP contribution is -3.00. The van der Waals surface area contributed by atoms with Crippen molar-refractivity contribution < 1.29 is 53.8 Å². The smallest absolute Gasteiger partial charge is 0.143 e. The molecule has 3 atom stereocenters. The van der Waals surface area contributed by atoms with E-state index in [-0.39, 0.29) is 30.6 Å². The molecule has 1 heterocycles. The standard InChI is InChI=1S/C39H66N3O4S.2ClH/c1-10-13-24-39(25-14-11-2)37(44)34(35-33(47-38(39)45)23-22-32(36(35)43)40(4)5)30-18-20-31(21-19-30)46-29-17-15-16-26-42(8,9)28-27-41(6,7)12-3;;/h18-23,34,37-38,44-45H,10-17,24-29H2,1-9H3;2*1H/q+1;;/p-1/t34-,37-,38+;;/m1../s1. The normalized spacial score (nSPS) is 18.9. The Hall–Kier alpha value is -1.39. The third-order valence-corrected chi connectivity index (χ3v) is 12.0. The molecule has 0 fully saturated rings. The molecule has 1 aliphatic heterocycles. The zero-order valence-corrected chi connectivity index (χ0v) is 34.2. The van der Waals surface area contributed by atoms with Crippen LogP contribution >= 0.6 is 11.8 Å². The molecule has 0 radical (unpaired) electrons. The van der Waals surface area contributed by atoms with E-state index in [2.05, 4.69) is 49.0 Å². The zero-order valence-electron chi connectivity index (χ0n) is 31.9. The van der Waals surface area contributed by atoms with Crippen LogP contribution in [-0.4, -0.2) is 111 Å². The monoisotopic (exact) mass is 743 g/mol. The average Bonchev–Trinajstić information content (AvgIpc) is 3.12. The summed E-state index contributed by atoms with van der Waals surface area (Å²) in [5.74, 6) is 0.505. The van der Waals surface area contributed by atoms with Gasteiger partial charge in [0.25, 0.3) is 0 Å². The molecular formula is C39H67Cl2N3O4S. The minimum atomic E-state index is -0.867. The Kier molecular flexibility index (Phi) is 19.2. The predicted molar refractivity (Wildman–Crippen MR) is 199 cm³/mol. The van der Waals surface area contributed by atoms with Gasteiger partial charge in [0, 0.05) is 35.9 Å². The van der Waals surface area contributed by atoms with Crippen LogP contribution in [0.5, 0.6) is 11.5 Å². The van der Waals surface area contributed by atoms with Gasteiger partial charge in [-0.25, -0.2) is 0 Å². The summed E-state index contributed by atoms with van der Waals surface area (Å²) in [6.07, 6.45) is 7.78. The molecule has 0 aliphatic carbocycles. The van der Waals surface area contributed by atoms with Gasteiger partial charge in [-0.3, -0.25) is 0 Å². The largest absolute Gasteiger partial charge is 1.00 e. The van der Waals surface area contributed by atoms with Crippen LogP contribution in [0.3, 0.4) is 0 Å². The highest BCUT2D eigenvalue weighted by atomic mass is 35.5. The van der Waals surface area contributed by atoms with Gasteiger partial charge in [-0.1, -0.05) is 63.4 Å². The van der Waals surface area contributed by atoms with E-state index in [0.29, 0.717) is 17.9 Å². The number of fused-ring (bicyclic) bond motifs is 1. The summed E-state index contributed by atoms with van der Waals surface area (Å²) in [5.41, 5.74) is 0.859. The molecule has 3 rings (SSSR count). The number of hydrogen-bond donors (Lipinski definition) is 3. The van der Waals surface area contributed by atoms with Gasteiger partial charge in [0.2, 0.25) is 0 Å². The highest BCUT2D eigenvalue weighted by Crippen LogP contribution is 2.57. The molecule has 0 saturated heterocycles. The lowest BCUT2D eigenvalue weighted by Gasteiger charge is -2.43. The SMILES string of the molecule is CCCCC1(CCCC)[C@H](O)[C@H](c2ccc(OCCCCC[N+](C)(C)CC[N+](C)(C)CC)cc2)c2c(ccc(N(C)C)c2O)S[C@@H]1O.[Cl-].[Cl-]. The topological polar surface area (TPSA) is 73.2 Å². The fourth-order valence-corrected chi connectivity index (χ4v) is 8.18. The van der Waals surface area contributed by atoms with E-state index in [1.807, 2.05) is 55.4 Å². The van der Waals surface area contributed by atoms with E-state index in [0.717, 1.165) is 83.1 Å². The van der Waals surface area contributed by atoms with E-state index in [4.69, 9.17) is 4.74 Å². The number of rotatable bonds is 19. The third-order valence-electron chi connectivity index (χ3n) is 10.7. The number of likely N-dealkylation sites (N-methyl/N-ethyl adjacent to an activating group) is 2. The lowest BCUT2D eigenvalue weighted by atomic mass is 9.67. The fraction of sp³-hybridized carbons (Fsp3) is 0.692. The van der Waals surface area contributed by atoms with Crippen molar-refractivity contribution in [2.45, 2.75) is 101 Å². The predicted octanol–water partition coefficient (Wildman–Crippen LogP) is 1.47. The second-order valence-corrected chi connectivity index (χ2v) is 16.5. The van der Waals surface area contributed by atoms with Crippen molar-refractivity contribution in [3.8, 4) is 11.5 Å². The summed E-state index contributed by atoms with van der Waals surface area (Å²) in [5, 5.41) is 35.9.